The van der Waals surface area contributed by atoms with Crippen molar-refractivity contribution in [2.45, 2.75) is 33.2 Å². The highest BCUT2D eigenvalue weighted by atomic mass is 16.5. The Balaban J connectivity index is 1.48. The molecule has 1 fully saturated rings. The number of aromatic nitrogens is 2. The molecule has 0 atom stereocenters. The smallest absolute Gasteiger partial charge is 0.267 e. The van der Waals surface area contributed by atoms with Gasteiger partial charge in [0.25, 0.3) is 11.5 Å². The molecule has 1 aliphatic heterocycles. The van der Waals surface area contributed by atoms with Gasteiger partial charge < -0.3 is 15.0 Å². The number of amides is 1. The molecule has 5 rings (SSSR count). The average molecular weight is 483 g/mol. The molecule has 0 spiro atoms. The molecule has 7 heteroatoms. The molecule has 1 amide bonds. The van der Waals surface area contributed by atoms with E-state index in [1.807, 2.05) is 62.4 Å². The molecule has 0 bridgehead atoms. The number of hydrogen-bond acceptors (Lipinski definition) is 5. The van der Waals surface area contributed by atoms with Gasteiger partial charge in [-0.1, -0.05) is 24.3 Å². The van der Waals surface area contributed by atoms with Gasteiger partial charge in [0, 0.05) is 25.2 Å². The summed E-state index contributed by atoms with van der Waals surface area (Å²) in [5.41, 5.74) is 3.68. The number of carbonyl (C=O) groups is 1. The molecule has 1 aromatic heterocycles. The summed E-state index contributed by atoms with van der Waals surface area (Å²) in [5, 5.41) is 3.45. The molecular weight excluding hydrogens is 452 g/mol. The Labute approximate surface area is 210 Å². The van der Waals surface area contributed by atoms with E-state index in [0.717, 1.165) is 48.5 Å². The Hall–Kier alpha value is -4.13. The molecular formula is C29H30N4O3. The molecule has 1 N–H and O–H groups in total. The number of anilines is 1. The van der Waals surface area contributed by atoms with E-state index in [1.54, 1.807) is 22.8 Å². The van der Waals surface area contributed by atoms with Gasteiger partial charge in [0.1, 0.15) is 5.75 Å². The summed E-state index contributed by atoms with van der Waals surface area (Å²) in [6.45, 7) is 6.61. The van der Waals surface area contributed by atoms with Crippen LogP contribution in [0.15, 0.2) is 71.5 Å². The van der Waals surface area contributed by atoms with Crippen molar-refractivity contribution in [1.29, 1.82) is 0 Å². The zero-order valence-corrected chi connectivity index (χ0v) is 20.7. The van der Waals surface area contributed by atoms with Crippen molar-refractivity contribution >= 4 is 22.8 Å². The van der Waals surface area contributed by atoms with Crippen LogP contribution in [0.3, 0.4) is 0 Å². The third kappa shape index (κ3) is 4.82. The van der Waals surface area contributed by atoms with Crippen molar-refractivity contribution in [3.8, 4) is 11.4 Å². The van der Waals surface area contributed by atoms with Crippen LogP contribution >= 0.6 is 0 Å². The lowest BCUT2D eigenvalue weighted by molar-refractivity contribution is 0.0951. The quantitative estimate of drug-likeness (QED) is 0.416. The minimum atomic E-state index is -0.217. The summed E-state index contributed by atoms with van der Waals surface area (Å²) in [6, 6.07) is 20.7. The van der Waals surface area contributed by atoms with Gasteiger partial charge in [-0.3, -0.25) is 9.59 Å². The molecule has 4 aromatic rings. The molecule has 1 saturated heterocycles. The maximum Gasteiger partial charge on any atom is 0.267 e. The van der Waals surface area contributed by atoms with Gasteiger partial charge in [0.2, 0.25) is 5.95 Å². The summed E-state index contributed by atoms with van der Waals surface area (Å²) in [7, 11) is 0. The van der Waals surface area contributed by atoms with Crippen molar-refractivity contribution in [1.82, 2.24) is 14.9 Å². The van der Waals surface area contributed by atoms with E-state index in [-0.39, 0.29) is 11.5 Å². The lowest BCUT2D eigenvalue weighted by Crippen LogP contribution is -2.30. The SMILES string of the molecule is CCOc1cccc(CNC(=O)c2ccc3c(=O)n(-c4cccc(C)c4)c(N4CCCC4)nc3c2)c1. The predicted molar refractivity (Wildman–Crippen MR) is 142 cm³/mol. The van der Waals surface area contributed by atoms with Crippen LogP contribution in [0.4, 0.5) is 5.95 Å². The van der Waals surface area contributed by atoms with Crippen molar-refractivity contribution in [3.05, 3.63) is 93.8 Å². The van der Waals surface area contributed by atoms with Crippen LogP contribution in [-0.4, -0.2) is 35.2 Å². The van der Waals surface area contributed by atoms with Gasteiger partial charge in [0.15, 0.2) is 0 Å². The number of fused-ring (bicyclic) bond motifs is 1. The molecule has 0 saturated carbocycles. The summed E-state index contributed by atoms with van der Waals surface area (Å²) < 4.78 is 7.24. The van der Waals surface area contributed by atoms with Crippen molar-refractivity contribution < 1.29 is 9.53 Å². The number of ether oxygens (including phenoxy) is 1. The highest BCUT2D eigenvalue weighted by Crippen LogP contribution is 2.24. The van der Waals surface area contributed by atoms with Gasteiger partial charge in [-0.2, -0.15) is 0 Å². The van der Waals surface area contributed by atoms with Crippen LogP contribution in [0, 0.1) is 6.92 Å². The fourth-order valence-corrected chi connectivity index (χ4v) is 4.64. The molecule has 36 heavy (non-hydrogen) atoms. The van der Waals surface area contributed by atoms with Gasteiger partial charge >= 0.3 is 0 Å². The summed E-state index contributed by atoms with van der Waals surface area (Å²) in [4.78, 5) is 33.7. The van der Waals surface area contributed by atoms with E-state index in [2.05, 4.69) is 10.2 Å². The number of rotatable bonds is 7. The van der Waals surface area contributed by atoms with E-state index in [9.17, 15) is 9.59 Å². The molecule has 2 heterocycles. The van der Waals surface area contributed by atoms with E-state index >= 15 is 0 Å². The molecule has 0 unspecified atom stereocenters. The average Bonchev–Trinajstić information content (AvgIpc) is 3.42. The Morgan fingerprint density at radius 3 is 2.61 bits per heavy atom. The van der Waals surface area contributed by atoms with Gasteiger partial charge in [-0.05, 0) is 80.3 Å². The third-order valence-electron chi connectivity index (χ3n) is 6.43. The zero-order valence-electron chi connectivity index (χ0n) is 20.7. The van der Waals surface area contributed by atoms with Gasteiger partial charge in [-0.25, -0.2) is 9.55 Å². The lowest BCUT2D eigenvalue weighted by atomic mass is 10.1. The van der Waals surface area contributed by atoms with Crippen molar-refractivity contribution in [2.24, 2.45) is 0 Å². The van der Waals surface area contributed by atoms with Gasteiger partial charge in [0.05, 0.1) is 23.2 Å². The first kappa shape index (κ1) is 23.6. The normalized spacial score (nSPS) is 13.2. The summed E-state index contributed by atoms with van der Waals surface area (Å²) >= 11 is 0. The number of carbonyl (C=O) groups excluding carboxylic acids is 1. The van der Waals surface area contributed by atoms with Crippen LogP contribution in [0.2, 0.25) is 0 Å². The minimum absolute atomic E-state index is 0.132. The second-order valence-corrected chi connectivity index (χ2v) is 9.08. The Bertz CT molecular complexity index is 1470. The monoisotopic (exact) mass is 482 g/mol. The second-order valence-electron chi connectivity index (χ2n) is 9.08. The van der Waals surface area contributed by atoms with Crippen LogP contribution in [0.5, 0.6) is 5.75 Å². The van der Waals surface area contributed by atoms with E-state index in [1.165, 1.54) is 0 Å². The largest absolute Gasteiger partial charge is 0.494 e. The Morgan fingerprint density at radius 2 is 1.83 bits per heavy atom. The zero-order chi connectivity index (χ0) is 25.1. The summed E-state index contributed by atoms with van der Waals surface area (Å²) in [5.74, 6) is 1.19. The van der Waals surface area contributed by atoms with Crippen molar-refractivity contribution in [2.75, 3.05) is 24.6 Å². The first-order valence-corrected chi connectivity index (χ1v) is 12.4. The van der Waals surface area contributed by atoms with Crippen LogP contribution < -0.4 is 20.5 Å². The Morgan fingerprint density at radius 1 is 1.03 bits per heavy atom. The number of nitrogens with zero attached hydrogens (tertiary/aromatic N) is 3. The molecule has 184 valence electrons. The molecule has 3 aromatic carbocycles. The standard InChI is InChI=1S/C29H30N4O3/c1-3-36-24-11-7-9-21(17-24)19-30-27(34)22-12-13-25-26(18-22)31-29(32-14-4-5-15-32)33(28(25)35)23-10-6-8-20(2)16-23/h6-13,16-18H,3-5,14-15,19H2,1-2H3,(H,30,34). The highest BCUT2D eigenvalue weighted by Gasteiger charge is 2.22. The third-order valence-corrected chi connectivity index (χ3v) is 6.43. The van der Waals surface area contributed by atoms with E-state index in [0.29, 0.717) is 35.6 Å². The fourth-order valence-electron chi connectivity index (χ4n) is 4.64. The minimum Gasteiger partial charge on any atom is -0.494 e. The Kier molecular flexibility index (Phi) is 6.71. The van der Waals surface area contributed by atoms with Crippen molar-refractivity contribution in [3.63, 3.8) is 0 Å². The number of benzene rings is 3. The maximum atomic E-state index is 13.7. The van der Waals surface area contributed by atoms with E-state index < -0.39 is 0 Å². The molecule has 0 radical (unpaired) electrons. The fraction of sp³-hybridized carbons (Fsp3) is 0.276. The molecule has 0 aliphatic carbocycles. The highest BCUT2D eigenvalue weighted by molar-refractivity contribution is 5.97. The number of nitrogens with one attached hydrogen (secondary N) is 1. The summed E-state index contributed by atoms with van der Waals surface area (Å²) in [6.07, 6.45) is 2.13. The number of aryl methyl sites for hydroxylation is 1. The molecule has 7 nitrogen and oxygen atoms in total. The first-order valence-electron chi connectivity index (χ1n) is 12.4. The van der Waals surface area contributed by atoms with Crippen LogP contribution in [0.25, 0.3) is 16.6 Å². The number of hydrogen-bond donors (Lipinski definition) is 1. The topological polar surface area (TPSA) is 76.5 Å². The predicted octanol–water partition coefficient (Wildman–Crippen LogP) is 4.62. The first-order chi connectivity index (χ1) is 17.5. The molecule has 1 aliphatic rings. The lowest BCUT2D eigenvalue weighted by Gasteiger charge is -2.22. The second kappa shape index (κ2) is 10.2. The van der Waals surface area contributed by atoms with Gasteiger partial charge in [-0.15, -0.1) is 0 Å². The maximum absolute atomic E-state index is 13.7. The van der Waals surface area contributed by atoms with Crippen LogP contribution in [0.1, 0.15) is 41.3 Å². The van der Waals surface area contributed by atoms with E-state index in [4.69, 9.17) is 9.72 Å². The van der Waals surface area contributed by atoms with Crippen LogP contribution in [-0.2, 0) is 6.54 Å².